The summed E-state index contributed by atoms with van der Waals surface area (Å²) in [5, 5.41) is 6.74. The third-order valence-corrected chi connectivity index (χ3v) is 3.83. The summed E-state index contributed by atoms with van der Waals surface area (Å²) in [6.07, 6.45) is 4.19. The van der Waals surface area contributed by atoms with Gasteiger partial charge in [-0.3, -0.25) is 4.79 Å². The first kappa shape index (κ1) is 14.1. The third-order valence-electron chi connectivity index (χ3n) is 3.33. The second-order valence-electron chi connectivity index (χ2n) is 4.76. The molecule has 0 spiro atoms. The maximum atomic E-state index is 12.0. The summed E-state index contributed by atoms with van der Waals surface area (Å²) in [5.41, 5.74) is 2.89. The average Bonchev–Trinajstić information content (AvgIpc) is 2.43. The molecule has 102 valence electrons. The van der Waals surface area contributed by atoms with E-state index in [1.165, 1.54) is 5.57 Å². The van der Waals surface area contributed by atoms with Crippen LogP contribution in [-0.4, -0.2) is 25.5 Å². The zero-order chi connectivity index (χ0) is 13.7. The lowest BCUT2D eigenvalue weighted by Gasteiger charge is -2.14. The van der Waals surface area contributed by atoms with Crippen molar-refractivity contribution in [3.8, 4) is 0 Å². The van der Waals surface area contributed by atoms with Crippen LogP contribution in [0, 0.1) is 6.92 Å². The van der Waals surface area contributed by atoms with Crippen LogP contribution >= 0.6 is 11.6 Å². The van der Waals surface area contributed by atoms with Crippen LogP contribution in [0.15, 0.2) is 29.8 Å². The fourth-order valence-electron chi connectivity index (χ4n) is 2.15. The molecule has 3 nitrogen and oxygen atoms in total. The first-order valence-corrected chi connectivity index (χ1v) is 6.98. The molecule has 4 heteroatoms. The van der Waals surface area contributed by atoms with E-state index < -0.39 is 0 Å². The third kappa shape index (κ3) is 3.82. The maximum Gasteiger partial charge on any atom is 0.252 e. The first-order valence-electron chi connectivity index (χ1n) is 6.60. The van der Waals surface area contributed by atoms with E-state index in [0.29, 0.717) is 17.1 Å². The molecule has 2 rings (SSSR count). The molecule has 0 radical (unpaired) electrons. The maximum absolute atomic E-state index is 12.0. The van der Waals surface area contributed by atoms with Crippen LogP contribution < -0.4 is 10.6 Å². The predicted octanol–water partition coefficient (Wildman–Crippen LogP) is 2.69. The van der Waals surface area contributed by atoms with Crippen molar-refractivity contribution in [1.29, 1.82) is 0 Å². The van der Waals surface area contributed by atoms with Gasteiger partial charge in [0.05, 0.1) is 10.6 Å². The van der Waals surface area contributed by atoms with Gasteiger partial charge in [0.1, 0.15) is 0 Å². The van der Waals surface area contributed by atoms with Gasteiger partial charge in [-0.2, -0.15) is 0 Å². The van der Waals surface area contributed by atoms with Gasteiger partial charge in [0.2, 0.25) is 0 Å². The molecule has 0 saturated carbocycles. The Hall–Kier alpha value is -1.32. The normalized spacial score (nSPS) is 14.9. The van der Waals surface area contributed by atoms with Crippen molar-refractivity contribution in [3.05, 3.63) is 46.0 Å². The summed E-state index contributed by atoms with van der Waals surface area (Å²) in [6, 6.07) is 5.51. The number of benzene rings is 1. The molecule has 0 aromatic heterocycles. The van der Waals surface area contributed by atoms with Crippen molar-refractivity contribution >= 4 is 17.5 Å². The Balaban J connectivity index is 1.87. The topological polar surface area (TPSA) is 41.1 Å². The second kappa shape index (κ2) is 6.73. The number of nitrogens with one attached hydrogen (secondary N) is 2. The minimum absolute atomic E-state index is 0.0942. The van der Waals surface area contributed by atoms with Crippen molar-refractivity contribution in [2.75, 3.05) is 19.6 Å². The largest absolute Gasteiger partial charge is 0.352 e. The van der Waals surface area contributed by atoms with Gasteiger partial charge < -0.3 is 10.6 Å². The van der Waals surface area contributed by atoms with E-state index in [0.717, 1.165) is 31.5 Å². The summed E-state index contributed by atoms with van der Waals surface area (Å²) in [7, 11) is 0. The summed E-state index contributed by atoms with van der Waals surface area (Å²) >= 11 is 6.14. The number of hydrogen-bond acceptors (Lipinski definition) is 2. The molecule has 0 fully saturated rings. The highest BCUT2D eigenvalue weighted by molar-refractivity contribution is 6.34. The molecule has 1 amide bonds. The van der Waals surface area contributed by atoms with Crippen LogP contribution in [0.5, 0.6) is 0 Å². The summed E-state index contributed by atoms with van der Waals surface area (Å²) in [4.78, 5) is 12.0. The Morgan fingerprint density at radius 1 is 1.47 bits per heavy atom. The Morgan fingerprint density at radius 3 is 3.05 bits per heavy atom. The molecule has 0 saturated heterocycles. The van der Waals surface area contributed by atoms with E-state index >= 15 is 0 Å². The van der Waals surface area contributed by atoms with E-state index in [1.807, 2.05) is 19.1 Å². The second-order valence-corrected chi connectivity index (χ2v) is 5.14. The first-order chi connectivity index (χ1) is 9.18. The molecular formula is C15H19ClN2O. The molecule has 0 aliphatic carbocycles. The Bertz CT molecular complexity index is 497. The highest BCUT2D eigenvalue weighted by atomic mass is 35.5. The lowest BCUT2D eigenvalue weighted by Crippen LogP contribution is -2.27. The highest BCUT2D eigenvalue weighted by Gasteiger charge is 2.11. The van der Waals surface area contributed by atoms with Gasteiger partial charge >= 0.3 is 0 Å². The van der Waals surface area contributed by atoms with Crippen LogP contribution in [0.25, 0.3) is 0 Å². The van der Waals surface area contributed by atoms with E-state index in [2.05, 4.69) is 16.7 Å². The number of carbonyl (C=O) groups excluding carboxylic acids is 1. The van der Waals surface area contributed by atoms with Crippen LogP contribution in [0.3, 0.4) is 0 Å². The number of rotatable bonds is 4. The monoisotopic (exact) mass is 278 g/mol. The molecule has 1 aromatic rings. The van der Waals surface area contributed by atoms with Gasteiger partial charge in [-0.15, -0.1) is 0 Å². The number of aryl methyl sites for hydroxylation is 1. The molecular weight excluding hydrogens is 260 g/mol. The van der Waals surface area contributed by atoms with Gasteiger partial charge in [0.15, 0.2) is 0 Å². The minimum atomic E-state index is -0.0942. The Labute approximate surface area is 119 Å². The lowest BCUT2D eigenvalue weighted by atomic mass is 10.1. The molecule has 0 atom stereocenters. The van der Waals surface area contributed by atoms with E-state index in [4.69, 9.17) is 11.6 Å². The molecule has 1 aliphatic heterocycles. The number of hydrogen-bond donors (Lipinski definition) is 2. The average molecular weight is 279 g/mol. The lowest BCUT2D eigenvalue weighted by molar-refractivity contribution is 0.0954. The predicted molar refractivity (Wildman–Crippen MR) is 78.7 cm³/mol. The summed E-state index contributed by atoms with van der Waals surface area (Å²) in [6.45, 7) is 4.53. The smallest absolute Gasteiger partial charge is 0.252 e. The van der Waals surface area contributed by atoms with E-state index in [9.17, 15) is 4.79 Å². The van der Waals surface area contributed by atoms with Crippen LogP contribution in [0.2, 0.25) is 5.02 Å². The molecule has 0 bridgehead atoms. The van der Waals surface area contributed by atoms with Crippen molar-refractivity contribution in [2.45, 2.75) is 19.8 Å². The van der Waals surface area contributed by atoms with Crippen molar-refractivity contribution in [2.24, 2.45) is 0 Å². The molecule has 1 aromatic carbocycles. The molecule has 1 aliphatic rings. The van der Waals surface area contributed by atoms with Crippen molar-refractivity contribution in [1.82, 2.24) is 10.6 Å². The van der Waals surface area contributed by atoms with Crippen LogP contribution in [0.4, 0.5) is 0 Å². The Kier molecular flexibility index (Phi) is 5.00. The molecule has 1 heterocycles. The molecule has 19 heavy (non-hydrogen) atoms. The minimum Gasteiger partial charge on any atom is -0.352 e. The van der Waals surface area contributed by atoms with Gasteiger partial charge in [0, 0.05) is 13.1 Å². The SMILES string of the molecule is Cc1cccc(C(=O)NCCC2=CCNCC2)c1Cl. The van der Waals surface area contributed by atoms with E-state index in [-0.39, 0.29) is 5.91 Å². The van der Waals surface area contributed by atoms with Gasteiger partial charge in [-0.05, 0) is 37.9 Å². The molecule has 2 N–H and O–H groups in total. The van der Waals surface area contributed by atoms with Crippen LogP contribution in [-0.2, 0) is 0 Å². The quantitative estimate of drug-likeness (QED) is 0.832. The van der Waals surface area contributed by atoms with Gasteiger partial charge in [-0.1, -0.05) is 35.4 Å². The standard InChI is InChI=1S/C15H19ClN2O/c1-11-3-2-4-13(14(11)16)15(19)18-10-7-12-5-8-17-9-6-12/h2-5,17H,6-10H2,1H3,(H,18,19). The van der Waals surface area contributed by atoms with Crippen molar-refractivity contribution < 1.29 is 4.79 Å². The van der Waals surface area contributed by atoms with Gasteiger partial charge in [0.25, 0.3) is 5.91 Å². The number of halogens is 1. The zero-order valence-corrected chi connectivity index (χ0v) is 11.9. The summed E-state index contributed by atoms with van der Waals surface area (Å²) in [5.74, 6) is -0.0942. The highest BCUT2D eigenvalue weighted by Crippen LogP contribution is 2.20. The molecule has 0 unspecified atom stereocenters. The number of amides is 1. The van der Waals surface area contributed by atoms with E-state index in [1.54, 1.807) is 6.07 Å². The number of carbonyl (C=O) groups is 1. The van der Waals surface area contributed by atoms with Crippen LogP contribution in [0.1, 0.15) is 28.8 Å². The van der Waals surface area contributed by atoms with Crippen molar-refractivity contribution in [3.63, 3.8) is 0 Å². The fraction of sp³-hybridized carbons (Fsp3) is 0.400. The zero-order valence-electron chi connectivity index (χ0n) is 11.1. The Morgan fingerprint density at radius 2 is 2.32 bits per heavy atom. The van der Waals surface area contributed by atoms with Gasteiger partial charge in [-0.25, -0.2) is 0 Å². The summed E-state index contributed by atoms with van der Waals surface area (Å²) < 4.78 is 0. The fourth-order valence-corrected chi connectivity index (χ4v) is 2.36.